The van der Waals surface area contributed by atoms with Crippen molar-refractivity contribution in [2.75, 3.05) is 6.54 Å². The summed E-state index contributed by atoms with van der Waals surface area (Å²) >= 11 is 6.03. The predicted molar refractivity (Wildman–Crippen MR) is 98.4 cm³/mol. The maximum atomic E-state index is 6.03. The predicted octanol–water partition coefficient (Wildman–Crippen LogP) is 4.06. The number of nitrogens with zero attached hydrogens (tertiary/aromatic N) is 3. The van der Waals surface area contributed by atoms with Gasteiger partial charge in [0.2, 0.25) is 0 Å². The van der Waals surface area contributed by atoms with Gasteiger partial charge in [0.15, 0.2) is 0 Å². The summed E-state index contributed by atoms with van der Waals surface area (Å²) in [6.07, 6.45) is 13.2. The van der Waals surface area contributed by atoms with Crippen LogP contribution in [0.4, 0.5) is 0 Å². The summed E-state index contributed by atoms with van der Waals surface area (Å²) in [6.45, 7) is 1.62. The molecule has 0 atom stereocenters. The fraction of sp³-hybridized carbons (Fsp3) is 0.421. The Morgan fingerprint density at radius 2 is 2.08 bits per heavy atom. The molecule has 0 radical (unpaired) electrons. The number of hydrogen-bond donors (Lipinski definition) is 1. The van der Waals surface area contributed by atoms with Crippen molar-refractivity contribution >= 4 is 17.4 Å². The molecule has 0 unspecified atom stereocenters. The maximum absolute atomic E-state index is 6.03. The Labute approximate surface area is 148 Å². The van der Waals surface area contributed by atoms with Crippen LogP contribution in [0, 0.1) is 0 Å². The van der Waals surface area contributed by atoms with Crippen LogP contribution in [-0.2, 0) is 6.54 Å². The van der Waals surface area contributed by atoms with E-state index in [0.29, 0.717) is 12.6 Å². The fourth-order valence-electron chi connectivity index (χ4n) is 3.70. The third kappa shape index (κ3) is 3.35. The summed E-state index contributed by atoms with van der Waals surface area (Å²) < 4.78 is 0. The lowest BCUT2D eigenvalue weighted by molar-refractivity contribution is 0.0174. The first-order chi connectivity index (χ1) is 11.8. The molecule has 4 rings (SSSR count). The number of hydrogen-bond acceptors (Lipinski definition) is 3. The molecular weight excluding hydrogens is 320 g/mol. The Balaban J connectivity index is 1.43. The summed E-state index contributed by atoms with van der Waals surface area (Å²) in [6, 6.07) is 8.53. The van der Waals surface area contributed by atoms with Crippen molar-refractivity contribution in [1.82, 2.24) is 15.3 Å². The van der Waals surface area contributed by atoms with Crippen molar-refractivity contribution in [3.05, 3.63) is 59.0 Å². The molecule has 2 aliphatic heterocycles. The zero-order valence-electron chi connectivity index (χ0n) is 13.8. The number of aliphatic imine (C=N–C) groups is 1. The third-order valence-corrected chi connectivity index (χ3v) is 5.18. The van der Waals surface area contributed by atoms with Gasteiger partial charge in [0.25, 0.3) is 0 Å². The van der Waals surface area contributed by atoms with E-state index in [2.05, 4.69) is 44.7 Å². The SMILES string of the molecule is Clc1cccc(CN=C2C=CN3C(=CCN3C3CCCCC3)N2)c1. The van der Waals surface area contributed by atoms with Crippen LogP contribution in [0.1, 0.15) is 37.7 Å². The third-order valence-electron chi connectivity index (χ3n) is 4.94. The molecule has 5 heteroatoms. The minimum absolute atomic E-state index is 0.632. The van der Waals surface area contributed by atoms with Crippen molar-refractivity contribution in [1.29, 1.82) is 0 Å². The summed E-state index contributed by atoms with van der Waals surface area (Å²) in [7, 11) is 0. The van der Waals surface area contributed by atoms with Crippen LogP contribution in [0.3, 0.4) is 0 Å². The van der Waals surface area contributed by atoms with Gasteiger partial charge in [0.05, 0.1) is 6.54 Å². The molecule has 0 aromatic heterocycles. The molecule has 4 nitrogen and oxygen atoms in total. The fourth-order valence-corrected chi connectivity index (χ4v) is 3.91. The Morgan fingerprint density at radius 1 is 1.21 bits per heavy atom. The van der Waals surface area contributed by atoms with E-state index in [0.717, 1.165) is 28.8 Å². The van der Waals surface area contributed by atoms with Gasteiger partial charge >= 0.3 is 0 Å². The van der Waals surface area contributed by atoms with E-state index in [1.165, 1.54) is 32.1 Å². The van der Waals surface area contributed by atoms with E-state index in [-0.39, 0.29) is 0 Å². The van der Waals surface area contributed by atoms with Crippen LogP contribution in [0.2, 0.25) is 5.02 Å². The van der Waals surface area contributed by atoms with Crippen molar-refractivity contribution in [2.45, 2.75) is 44.7 Å². The minimum Gasteiger partial charge on any atom is -0.326 e. The van der Waals surface area contributed by atoms with Gasteiger partial charge in [-0.1, -0.05) is 43.0 Å². The smallest absolute Gasteiger partial charge is 0.128 e. The quantitative estimate of drug-likeness (QED) is 0.898. The molecule has 1 aliphatic carbocycles. The molecule has 24 heavy (non-hydrogen) atoms. The highest BCUT2D eigenvalue weighted by molar-refractivity contribution is 6.30. The lowest BCUT2D eigenvalue weighted by Crippen LogP contribution is -2.47. The Bertz CT molecular complexity index is 688. The monoisotopic (exact) mass is 342 g/mol. The molecule has 1 saturated carbocycles. The van der Waals surface area contributed by atoms with Crippen LogP contribution in [0.5, 0.6) is 0 Å². The number of hydrazine groups is 1. The van der Waals surface area contributed by atoms with E-state index in [1.54, 1.807) is 0 Å². The molecule has 1 fully saturated rings. The first kappa shape index (κ1) is 15.7. The van der Waals surface area contributed by atoms with E-state index in [9.17, 15) is 0 Å². The van der Waals surface area contributed by atoms with Crippen LogP contribution in [0.15, 0.2) is 53.4 Å². The van der Waals surface area contributed by atoms with Crippen LogP contribution in [0.25, 0.3) is 0 Å². The topological polar surface area (TPSA) is 30.9 Å². The lowest BCUT2D eigenvalue weighted by atomic mass is 9.95. The van der Waals surface area contributed by atoms with E-state index in [4.69, 9.17) is 11.6 Å². The molecule has 1 N–H and O–H groups in total. The largest absolute Gasteiger partial charge is 0.326 e. The number of rotatable bonds is 3. The first-order valence-corrected chi connectivity index (χ1v) is 9.17. The zero-order chi connectivity index (χ0) is 16.4. The van der Waals surface area contributed by atoms with Gasteiger partial charge in [-0.25, -0.2) is 5.01 Å². The van der Waals surface area contributed by atoms with Gasteiger partial charge in [0, 0.05) is 23.8 Å². The molecule has 1 aromatic carbocycles. The molecular formula is C19H23ClN4. The molecule has 0 saturated heterocycles. The van der Waals surface area contributed by atoms with E-state index in [1.807, 2.05) is 18.2 Å². The summed E-state index contributed by atoms with van der Waals surface area (Å²) in [5.74, 6) is 2.04. The number of nitrogens with one attached hydrogen (secondary N) is 1. The van der Waals surface area contributed by atoms with Gasteiger partial charge in [-0.15, -0.1) is 0 Å². The number of fused-ring (bicyclic) bond motifs is 1. The summed E-state index contributed by atoms with van der Waals surface area (Å²) in [5, 5.41) is 8.94. The maximum Gasteiger partial charge on any atom is 0.128 e. The summed E-state index contributed by atoms with van der Waals surface area (Å²) in [4.78, 5) is 4.67. The van der Waals surface area contributed by atoms with Crippen LogP contribution in [-0.4, -0.2) is 28.4 Å². The highest BCUT2D eigenvalue weighted by Crippen LogP contribution is 2.29. The number of amidine groups is 1. The van der Waals surface area contributed by atoms with Crippen molar-refractivity contribution < 1.29 is 0 Å². The average Bonchev–Trinajstić information content (AvgIpc) is 3.04. The van der Waals surface area contributed by atoms with Gasteiger partial charge in [-0.2, -0.15) is 0 Å². The molecule has 1 aromatic rings. The molecule has 3 aliphatic rings. The van der Waals surface area contributed by atoms with Crippen molar-refractivity contribution in [3.8, 4) is 0 Å². The molecule has 2 heterocycles. The van der Waals surface area contributed by atoms with E-state index < -0.39 is 0 Å². The molecule has 0 bridgehead atoms. The summed E-state index contributed by atoms with van der Waals surface area (Å²) in [5.41, 5.74) is 1.12. The Hall–Kier alpha value is -1.78. The Kier molecular flexibility index (Phi) is 4.58. The normalized spacial score (nSPS) is 23.3. The van der Waals surface area contributed by atoms with Crippen LogP contribution >= 0.6 is 11.6 Å². The van der Waals surface area contributed by atoms with Gasteiger partial charge in [-0.3, -0.25) is 10.0 Å². The molecule has 126 valence electrons. The standard InChI is InChI=1S/C19H23ClN4/c20-16-6-4-5-15(13-16)14-21-18-9-11-24-19(22-18)10-12-23(24)17-7-2-1-3-8-17/h4-6,9-11,13,17H,1-3,7-8,12,14H2,(H,21,22). The minimum atomic E-state index is 0.632. The van der Waals surface area contributed by atoms with Gasteiger partial charge < -0.3 is 5.32 Å². The second-order valence-corrected chi connectivity index (χ2v) is 7.06. The van der Waals surface area contributed by atoms with E-state index >= 15 is 0 Å². The lowest BCUT2D eigenvalue weighted by Gasteiger charge is -2.39. The second kappa shape index (κ2) is 6.99. The zero-order valence-corrected chi connectivity index (χ0v) is 14.5. The van der Waals surface area contributed by atoms with Crippen LogP contribution < -0.4 is 5.32 Å². The molecule has 0 spiro atoms. The number of benzene rings is 1. The molecule has 0 amide bonds. The van der Waals surface area contributed by atoms with Gasteiger partial charge in [0.1, 0.15) is 11.7 Å². The average molecular weight is 343 g/mol. The highest BCUT2D eigenvalue weighted by Gasteiger charge is 2.31. The number of halogens is 1. The second-order valence-electron chi connectivity index (χ2n) is 6.62. The first-order valence-electron chi connectivity index (χ1n) is 8.80. The van der Waals surface area contributed by atoms with Crippen molar-refractivity contribution in [2.24, 2.45) is 4.99 Å². The van der Waals surface area contributed by atoms with Crippen molar-refractivity contribution in [3.63, 3.8) is 0 Å². The Morgan fingerprint density at radius 3 is 2.92 bits per heavy atom. The highest BCUT2D eigenvalue weighted by atomic mass is 35.5. The van der Waals surface area contributed by atoms with Gasteiger partial charge in [-0.05, 0) is 42.7 Å².